The molecule has 0 aliphatic carbocycles. The second kappa shape index (κ2) is 8.18. The maximum atomic E-state index is 12.0. The van der Waals surface area contributed by atoms with E-state index in [1.165, 1.54) is 0 Å². The average molecular weight is 285 g/mol. The van der Waals surface area contributed by atoms with E-state index in [-0.39, 0.29) is 6.61 Å². The first-order valence-electron chi connectivity index (χ1n) is 6.66. The fourth-order valence-corrected chi connectivity index (χ4v) is 2.17. The highest BCUT2D eigenvalue weighted by Gasteiger charge is 2.38. The Morgan fingerprint density at radius 1 is 1.26 bits per heavy atom. The van der Waals surface area contributed by atoms with E-state index in [9.17, 15) is 9.90 Å². The van der Waals surface area contributed by atoms with Gasteiger partial charge in [-0.1, -0.05) is 36.8 Å². The van der Waals surface area contributed by atoms with Gasteiger partial charge in [-0.3, -0.25) is 0 Å². The Balaban J connectivity index is 2.81. The average Bonchev–Trinajstić information content (AvgIpc) is 2.44. The minimum absolute atomic E-state index is 0.260. The molecule has 0 aromatic heterocycles. The first-order valence-corrected chi connectivity index (χ1v) is 7.19. The molecule has 1 N–H and O–H groups in total. The number of benzene rings is 1. The zero-order valence-electron chi connectivity index (χ0n) is 11.3. The fourth-order valence-electron chi connectivity index (χ4n) is 1.98. The lowest BCUT2D eigenvalue weighted by atomic mass is 9.88. The van der Waals surface area contributed by atoms with Crippen LogP contribution in [-0.2, 0) is 15.1 Å². The number of carbonyl (C=O) groups excluding carboxylic acids is 1. The molecule has 3 nitrogen and oxygen atoms in total. The number of aliphatic hydroxyl groups is 1. The predicted octanol–water partition coefficient (Wildman–Crippen LogP) is 3.24. The van der Waals surface area contributed by atoms with Crippen LogP contribution in [0.25, 0.3) is 0 Å². The molecule has 0 fully saturated rings. The number of carbonyl (C=O) groups is 1. The molecule has 0 bridgehead atoms. The molecule has 0 saturated heterocycles. The molecule has 19 heavy (non-hydrogen) atoms. The lowest BCUT2D eigenvalue weighted by Gasteiger charge is -2.26. The molecule has 1 atom stereocenters. The Bertz CT molecular complexity index is 380. The van der Waals surface area contributed by atoms with Gasteiger partial charge in [-0.25, -0.2) is 4.79 Å². The number of halogens is 1. The van der Waals surface area contributed by atoms with E-state index in [2.05, 4.69) is 0 Å². The number of ether oxygens (including phenoxy) is 1. The van der Waals surface area contributed by atoms with Crippen LogP contribution in [-0.4, -0.2) is 23.6 Å². The van der Waals surface area contributed by atoms with E-state index in [1.54, 1.807) is 31.2 Å². The van der Waals surface area contributed by atoms with Crippen LogP contribution in [0, 0.1) is 0 Å². The molecular weight excluding hydrogens is 264 g/mol. The van der Waals surface area contributed by atoms with E-state index in [1.807, 2.05) is 6.07 Å². The van der Waals surface area contributed by atoms with Gasteiger partial charge in [0.25, 0.3) is 0 Å². The van der Waals surface area contributed by atoms with Gasteiger partial charge in [-0.15, -0.1) is 11.6 Å². The second-order valence-electron chi connectivity index (χ2n) is 4.45. The lowest BCUT2D eigenvalue weighted by molar-refractivity contribution is -0.167. The van der Waals surface area contributed by atoms with Crippen molar-refractivity contribution in [3.05, 3.63) is 35.9 Å². The van der Waals surface area contributed by atoms with Crippen molar-refractivity contribution in [2.45, 2.75) is 38.2 Å². The third-order valence-electron chi connectivity index (χ3n) is 3.04. The van der Waals surface area contributed by atoms with E-state index in [4.69, 9.17) is 16.3 Å². The lowest BCUT2D eigenvalue weighted by Crippen LogP contribution is -2.37. The smallest absolute Gasteiger partial charge is 0.342 e. The van der Waals surface area contributed by atoms with Crippen LogP contribution in [0.2, 0.25) is 0 Å². The van der Waals surface area contributed by atoms with Crippen molar-refractivity contribution in [3.8, 4) is 0 Å². The number of hydrogen-bond donors (Lipinski definition) is 1. The van der Waals surface area contributed by atoms with Crippen molar-refractivity contribution >= 4 is 17.6 Å². The van der Waals surface area contributed by atoms with Crippen molar-refractivity contribution < 1.29 is 14.6 Å². The summed E-state index contributed by atoms with van der Waals surface area (Å²) in [4.78, 5) is 12.0. The number of esters is 1. The van der Waals surface area contributed by atoms with E-state index in [0.717, 1.165) is 19.3 Å². The van der Waals surface area contributed by atoms with Gasteiger partial charge in [0.05, 0.1) is 6.61 Å². The highest BCUT2D eigenvalue weighted by molar-refractivity contribution is 6.17. The summed E-state index contributed by atoms with van der Waals surface area (Å²) in [6.07, 6.45) is 2.86. The SMILES string of the molecule is CCOC(=O)[C@@](O)(CCCCCCl)c1ccccc1. The van der Waals surface area contributed by atoms with Crippen LogP contribution in [0.15, 0.2) is 30.3 Å². The van der Waals surface area contributed by atoms with Gasteiger partial charge in [0.1, 0.15) is 0 Å². The Hall–Kier alpha value is -1.06. The summed E-state index contributed by atoms with van der Waals surface area (Å²) in [5, 5.41) is 10.7. The minimum atomic E-state index is -1.55. The van der Waals surface area contributed by atoms with Crippen LogP contribution < -0.4 is 0 Å². The summed E-state index contributed by atoms with van der Waals surface area (Å²) in [6, 6.07) is 8.95. The van der Waals surface area contributed by atoms with Gasteiger partial charge in [-0.05, 0) is 31.7 Å². The molecule has 0 spiro atoms. The molecule has 0 saturated carbocycles. The van der Waals surface area contributed by atoms with Crippen molar-refractivity contribution in [2.24, 2.45) is 0 Å². The predicted molar refractivity (Wildman–Crippen MR) is 76.2 cm³/mol. The summed E-state index contributed by atoms with van der Waals surface area (Å²) in [5.41, 5.74) is -0.969. The van der Waals surface area contributed by atoms with Crippen LogP contribution in [0.3, 0.4) is 0 Å². The Labute approximate surface area is 119 Å². The van der Waals surface area contributed by atoms with Crippen LogP contribution in [0.4, 0.5) is 0 Å². The molecule has 1 rings (SSSR count). The van der Waals surface area contributed by atoms with Gasteiger partial charge in [0, 0.05) is 5.88 Å². The Morgan fingerprint density at radius 3 is 2.53 bits per heavy atom. The second-order valence-corrected chi connectivity index (χ2v) is 4.82. The molecule has 106 valence electrons. The quantitative estimate of drug-likeness (QED) is 0.453. The maximum Gasteiger partial charge on any atom is 0.342 e. The molecule has 0 amide bonds. The zero-order valence-corrected chi connectivity index (χ0v) is 12.0. The molecule has 4 heteroatoms. The van der Waals surface area contributed by atoms with Crippen LogP contribution in [0.1, 0.15) is 38.2 Å². The summed E-state index contributed by atoms with van der Waals surface area (Å²) in [6.45, 7) is 1.99. The van der Waals surface area contributed by atoms with Crippen molar-refractivity contribution in [2.75, 3.05) is 12.5 Å². The summed E-state index contributed by atoms with van der Waals surface area (Å²) in [7, 11) is 0. The molecule has 0 aliphatic heterocycles. The van der Waals surface area contributed by atoms with Gasteiger partial charge in [0.15, 0.2) is 5.60 Å². The molecule has 0 aliphatic rings. The first-order chi connectivity index (χ1) is 9.15. The first kappa shape index (κ1) is 16.0. The van der Waals surface area contributed by atoms with E-state index < -0.39 is 11.6 Å². The van der Waals surface area contributed by atoms with Gasteiger partial charge < -0.3 is 9.84 Å². The van der Waals surface area contributed by atoms with Crippen molar-refractivity contribution in [1.29, 1.82) is 0 Å². The van der Waals surface area contributed by atoms with Crippen LogP contribution in [0.5, 0.6) is 0 Å². The molecule has 0 unspecified atom stereocenters. The minimum Gasteiger partial charge on any atom is -0.464 e. The van der Waals surface area contributed by atoms with E-state index in [0.29, 0.717) is 17.9 Å². The number of unbranched alkanes of at least 4 members (excludes halogenated alkanes) is 2. The standard InChI is InChI=1S/C15H21ClO3/c1-2-19-14(17)15(18,11-7-4-8-12-16)13-9-5-3-6-10-13/h3,5-6,9-10,18H,2,4,7-8,11-12H2,1H3/t15-/m1/s1. The van der Waals surface area contributed by atoms with Gasteiger partial charge >= 0.3 is 5.97 Å². The number of hydrogen-bond acceptors (Lipinski definition) is 3. The summed E-state index contributed by atoms with van der Waals surface area (Å²) >= 11 is 5.63. The third-order valence-corrected chi connectivity index (χ3v) is 3.30. The van der Waals surface area contributed by atoms with Crippen molar-refractivity contribution in [3.63, 3.8) is 0 Å². The Kier molecular flexibility index (Phi) is 6.89. The monoisotopic (exact) mass is 284 g/mol. The fraction of sp³-hybridized carbons (Fsp3) is 0.533. The topological polar surface area (TPSA) is 46.5 Å². The largest absolute Gasteiger partial charge is 0.464 e. The maximum absolute atomic E-state index is 12.0. The van der Waals surface area contributed by atoms with Crippen molar-refractivity contribution in [1.82, 2.24) is 0 Å². The highest BCUT2D eigenvalue weighted by atomic mass is 35.5. The molecule has 1 aromatic rings. The number of rotatable bonds is 8. The molecular formula is C15H21ClO3. The zero-order chi connectivity index (χ0) is 14.1. The highest BCUT2D eigenvalue weighted by Crippen LogP contribution is 2.29. The molecule has 0 heterocycles. The van der Waals surface area contributed by atoms with Crippen LogP contribution >= 0.6 is 11.6 Å². The van der Waals surface area contributed by atoms with E-state index >= 15 is 0 Å². The third kappa shape index (κ3) is 4.51. The summed E-state index contributed by atoms with van der Waals surface area (Å²) in [5.74, 6) is 0.0236. The molecule has 0 radical (unpaired) electrons. The van der Waals surface area contributed by atoms with Gasteiger partial charge in [-0.2, -0.15) is 0 Å². The molecule has 1 aromatic carbocycles. The summed E-state index contributed by atoms with van der Waals surface area (Å²) < 4.78 is 5.00. The Morgan fingerprint density at radius 2 is 1.95 bits per heavy atom. The number of alkyl halides is 1. The normalized spacial score (nSPS) is 13.8. The van der Waals surface area contributed by atoms with Gasteiger partial charge in [0.2, 0.25) is 0 Å².